The second-order valence-corrected chi connectivity index (χ2v) is 2.95. The zero-order chi connectivity index (χ0) is 9.26. The Balaban J connectivity index is 2.66. The Morgan fingerprint density at radius 3 is 2.92 bits per heavy atom. The number of nitrogens with zero attached hydrogens (tertiary/aromatic N) is 1. The normalized spacial score (nSPS) is 10.5. The third-order valence-corrected chi connectivity index (χ3v) is 1.95. The highest BCUT2D eigenvalue weighted by molar-refractivity contribution is 5.81. The van der Waals surface area contributed by atoms with Crippen molar-refractivity contribution in [3.8, 4) is 0 Å². The Labute approximate surface area is 75.8 Å². The van der Waals surface area contributed by atoms with Crippen LogP contribution in [0.3, 0.4) is 0 Å². The summed E-state index contributed by atoms with van der Waals surface area (Å²) in [7, 11) is 0. The minimum Gasteiger partial charge on any atom is -0.399 e. The molecule has 0 unspecified atom stereocenters. The summed E-state index contributed by atoms with van der Waals surface area (Å²) in [6.45, 7) is 0.0211. The molecule has 0 aliphatic rings. The van der Waals surface area contributed by atoms with Crippen molar-refractivity contribution in [3.63, 3.8) is 0 Å². The van der Waals surface area contributed by atoms with Crippen LogP contribution in [0, 0.1) is 0 Å². The number of hydrogen-bond acceptors (Lipinski definition) is 3. The average molecular weight is 174 g/mol. The van der Waals surface area contributed by atoms with E-state index in [1.54, 1.807) is 6.20 Å². The van der Waals surface area contributed by atoms with Crippen LogP contribution < -0.4 is 5.73 Å². The number of nitrogens with two attached hydrogens (primary N) is 1. The van der Waals surface area contributed by atoms with Crippen LogP contribution in [0.15, 0.2) is 30.5 Å². The van der Waals surface area contributed by atoms with Crippen molar-refractivity contribution in [2.75, 3.05) is 5.73 Å². The Morgan fingerprint density at radius 1 is 1.31 bits per heavy atom. The van der Waals surface area contributed by atoms with Crippen LogP contribution in [0.5, 0.6) is 0 Å². The fourth-order valence-electron chi connectivity index (χ4n) is 1.27. The predicted molar refractivity (Wildman–Crippen MR) is 52.1 cm³/mol. The summed E-state index contributed by atoms with van der Waals surface area (Å²) in [6, 6.07) is 7.44. The maximum atomic E-state index is 8.89. The number of rotatable bonds is 1. The van der Waals surface area contributed by atoms with Crippen LogP contribution in [-0.2, 0) is 6.61 Å². The van der Waals surface area contributed by atoms with Gasteiger partial charge in [-0.05, 0) is 23.8 Å². The standard InChI is InChI=1S/C10H10N2O/c11-9-2-1-8-3-7(6-13)5-12-10(8)4-9/h1-5,13H,6,11H2. The minimum atomic E-state index is 0.0211. The van der Waals surface area contributed by atoms with Crippen LogP contribution in [0.1, 0.15) is 5.56 Å². The number of benzene rings is 1. The van der Waals surface area contributed by atoms with Gasteiger partial charge in [0.1, 0.15) is 0 Å². The van der Waals surface area contributed by atoms with E-state index in [-0.39, 0.29) is 6.61 Å². The molecular formula is C10H10N2O. The van der Waals surface area contributed by atoms with E-state index in [9.17, 15) is 0 Å². The fraction of sp³-hybridized carbons (Fsp3) is 0.100. The number of pyridine rings is 1. The molecule has 3 nitrogen and oxygen atoms in total. The summed E-state index contributed by atoms with van der Waals surface area (Å²) in [5.41, 5.74) is 7.99. The van der Waals surface area contributed by atoms with E-state index in [1.807, 2.05) is 24.3 Å². The topological polar surface area (TPSA) is 59.1 Å². The molecule has 0 aliphatic heterocycles. The highest BCUT2D eigenvalue weighted by Gasteiger charge is 1.96. The molecule has 66 valence electrons. The van der Waals surface area contributed by atoms with Gasteiger partial charge < -0.3 is 10.8 Å². The third-order valence-electron chi connectivity index (χ3n) is 1.95. The lowest BCUT2D eigenvalue weighted by Gasteiger charge is -2.00. The van der Waals surface area contributed by atoms with E-state index >= 15 is 0 Å². The van der Waals surface area contributed by atoms with Crippen LogP contribution in [0.4, 0.5) is 5.69 Å². The second-order valence-electron chi connectivity index (χ2n) is 2.95. The maximum Gasteiger partial charge on any atom is 0.0722 e. The number of aliphatic hydroxyl groups excluding tert-OH is 1. The van der Waals surface area contributed by atoms with Gasteiger partial charge in [0.15, 0.2) is 0 Å². The Morgan fingerprint density at radius 2 is 2.15 bits per heavy atom. The first-order valence-electron chi connectivity index (χ1n) is 4.04. The van der Waals surface area contributed by atoms with Crippen molar-refractivity contribution in [1.29, 1.82) is 0 Å². The second kappa shape index (κ2) is 3.03. The van der Waals surface area contributed by atoms with Gasteiger partial charge in [0.05, 0.1) is 12.1 Å². The lowest BCUT2D eigenvalue weighted by molar-refractivity contribution is 0.281. The highest BCUT2D eigenvalue weighted by atomic mass is 16.3. The molecule has 1 aromatic heterocycles. The van der Waals surface area contributed by atoms with E-state index in [1.165, 1.54) is 0 Å². The van der Waals surface area contributed by atoms with Gasteiger partial charge in [0.25, 0.3) is 0 Å². The Bertz CT molecular complexity index is 440. The predicted octanol–water partition coefficient (Wildman–Crippen LogP) is 1.31. The Kier molecular flexibility index (Phi) is 1.87. The smallest absolute Gasteiger partial charge is 0.0722 e. The lowest BCUT2D eigenvalue weighted by atomic mass is 10.1. The molecule has 0 saturated carbocycles. The van der Waals surface area contributed by atoms with Crippen molar-refractivity contribution < 1.29 is 5.11 Å². The van der Waals surface area contributed by atoms with Gasteiger partial charge in [-0.3, -0.25) is 4.98 Å². The number of hydrogen-bond donors (Lipinski definition) is 2. The van der Waals surface area contributed by atoms with Crippen molar-refractivity contribution in [1.82, 2.24) is 4.98 Å². The largest absolute Gasteiger partial charge is 0.399 e. The van der Waals surface area contributed by atoms with Gasteiger partial charge >= 0.3 is 0 Å². The SMILES string of the molecule is Nc1ccc2cc(CO)cnc2c1. The average Bonchev–Trinajstić information content (AvgIpc) is 2.17. The van der Waals surface area contributed by atoms with E-state index in [0.717, 1.165) is 16.5 Å². The fourth-order valence-corrected chi connectivity index (χ4v) is 1.27. The van der Waals surface area contributed by atoms with Crippen molar-refractivity contribution in [2.45, 2.75) is 6.61 Å². The molecule has 13 heavy (non-hydrogen) atoms. The van der Waals surface area contributed by atoms with Gasteiger partial charge in [0.2, 0.25) is 0 Å². The summed E-state index contributed by atoms with van der Waals surface area (Å²) in [5, 5.41) is 9.89. The quantitative estimate of drug-likeness (QED) is 0.641. The van der Waals surface area contributed by atoms with Crippen molar-refractivity contribution in [3.05, 3.63) is 36.0 Å². The molecule has 0 atom stereocenters. The maximum absolute atomic E-state index is 8.89. The molecule has 0 radical (unpaired) electrons. The summed E-state index contributed by atoms with van der Waals surface area (Å²) in [6.07, 6.45) is 1.65. The molecule has 0 spiro atoms. The van der Waals surface area contributed by atoms with Crippen LogP contribution in [-0.4, -0.2) is 10.1 Å². The monoisotopic (exact) mass is 174 g/mol. The number of fused-ring (bicyclic) bond motifs is 1. The van der Waals surface area contributed by atoms with E-state index in [0.29, 0.717) is 5.69 Å². The Hall–Kier alpha value is -1.61. The third kappa shape index (κ3) is 1.46. The van der Waals surface area contributed by atoms with Gasteiger partial charge in [-0.2, -0.15) is 0 Å². The molecule has 0 fully saturated rings. The molecule has 0 amide bonds. The number of aromatic nitrogens is 1. The van der Waals surface area contributed by atoms with Crippen molar-refractivity contribution in [2.24, 2.45) is 0 Å². The first-order valence-corrected chi connectivity index (χ1v) is 4.04. The van der Waals surface area contributed by atoms with Crippen LogP contribution >= 0.6 is 0 Å². The van der Waals surface area contributed by atoms with Gasteiger partial charge in [-0.25, -0.2) is 0 Å². The minimum absolute atomic E-state index is 0.0211. The molecule has 3 N–H and O–H groups in total. The van der Waals surface area contributed by atoms with Gasteiger partial charge in [-0.1, -0.05) is 6.07 Å². The molecule has 1 aromatic carbocycles. The first kappa shape index (κ1) is 8.01. The van der Waals surface area contributed by atoms with Crippen LogP contribution in [0.25, 0.3) is 10.9 Å². The van der Waals surface area contributed by atoms with E-state index in [4.69, 9.17) is 10.8 Å². The first-order chi connectivity index (χ1) is 6.29. The summed E-state index contributed by atoms with van der Waals surface area (Å²) in [5.74, 6) is 0. The zero-order valence-corrected chi connectivity index (χ0v) is 7.07. The molecule has 0 aliphatic carbocycles. The molecule has 1 heterocycles. The molecule has 2 aromatic rings. The number of nitrogen functional groups attached to an aromatic ring is 1. The van der Waals surface area contributed by atoms with Gasteiger partial charge in [-0.15, -0.1) is 0 Å². The summed E-state index contributed by atoms with van der Waals surface area (Å²) >= 11 is 0. The van der Waals surface area contributed by atoms with Gasteiger partial charge in [0, 0.05) is 17.3 Å². The highest BCUT2D eigenvalue weighted by Crippen LogP contribution is 2.16. The molecule has 0 bridgehead atoms. The lowest BCUT2D eigenvalue weighted by Crippen LogP contribution is -1.88. The van der Waals surface area contributed by atoms with E-state index < -0.39 is 0 Å². The van der Waals surface area contributed by atoms with E-state index in [2.05, 4.69) is 4.98 Å². The summed E-state index contributed by atoms with van der Waals surface area (Å²) in [4.78, 5) is 4.17. The molecular weight excluding hydrogens is 164 g/mol. The van der Waals surface area contributed by atoms with Crippen molar-refractivity contribution >= 4 is 16.6 Å². The van der Waals surface area contributed by atoms with Crippen LogP contribution in [0.2, 0.25) is 0 Å². The molecule has 2 rings (SSSR count). The zero-order valence-electron chi connectivity index (χ0n) is 7.07. The number of aliphatic hydroxyl groups is 1. The summed E-state index contributed by atoms with van der Waals surface area (Å²) < 4.78 is 0. The molecule has 3 heteroatoms. The molecule has 0 saturated heterocycles. The number of anilines is 1.